The first kappa shape index (κ1) is 19.4. The summed E-state index contributed by atoms with van der Waals surface area (Å²) in [6, 6.07) is 0.211. The lowest BCUT2D eigenvalue weighted by atomic mass is 9.93. The molecule has 0 unspecified atom stereocenters. The molecule has 1 heterocycles. The van der Waals surface area contributed by atoms with Crippen LogP contribution in [0.4, 0.5) is 11.8 Å². The number of aromatic nitrogens is 2. The van der Waals surface area contributed by atoms with Gasteiger partial charge in [-0.15, -0.1) is 0 Å². The Labute approximate surface area is 148 Å². The molecule has 8 nitrogen and oxygen atoms in total. The minimum Gasteiger partial charge on any atom is -0.394 e. The maximum atomic E-state index is 11.7. The topological polar surface area (TPSA) is 122 Å². The summed E-state index contributed by atoms with van der Waals surface area (Å²) in [6.07, 6.45) is 5.57. The number of hydrogen-bond acceptors (Lipinski definition) is 7. The van der Waals surface area contributed by atoms with Crippen molar-refractivity contribution in [1.29, 1.82) is 0 Å². The number of amides is 1. The average Bonchev–Trinajstić information content (AvgIpc) is 2.56. The first-order valence-corrected chi connectivity index (χ1v) is 8.78. The number of hydrogen-bond donors (Lipinski definition) is 4. The fourth-order valence-electron chi connectivity index (χ4n) is 2.88. The molecule has 0 saturated heterocycles. The summed E-state index contributed by atoms with van der Waals surface area (Å²) in [5, 5.41) is 15.8. The molecule has 0 radical (unpaired) electrons. The number of aliphatic hydroxyl groups excluding tert-OH is 1. The van der Waals surface area contributed by atoms with Crippen molar-refractivity contribution >= 4 is 17.7 Å². The van der Waals surface area contributed by atoms with Gasteiger partial charge in [0.15, 0.2) is 0 Å². The normalized spacial score (nSPS) is 21.0. The van der Waals surface area contributed by atoms with Crippen molar-refractivity contribution < 1.29 is 14.6 Å². The van der Waals surface area contributed by atoms with E-state index in [4.69, 9.17) is 10.5 Å². The Morgan fingerprint density at radius 2 is 2.08 bits per heavy atom. The molecule has 140 valence electrons. The zero-order chi connectivity index (χ0) is 18.4. The standard InChI is InChI=1S/C17H29N5O3/c1-4-25-12-7-5-11(6-8-12)20-15-13(14(18)24)9-19-16(21-15)22-17(2,3)10-23/h9,11-12,23H,4-8,10H2,1-3H3,(H2,18,24)(H2,19,20,21,22)/t11-,12+. The quantitative estimate of drug-likeness (QED) is 0.560. The number of carbonyl (C=O) groups is 1. The first-order chi connectivity index (χ1) is 11.8. The lowest BCUT2D eigenvalue weighted by molar-refractivity contribution is 0.0346. The van der Waals surface area contributed by atoms with E-state index < -0.39 is 11.4 Å². The van der Waals surface area contributed by atoms with Crippen molar-refractivity contribution in [2.24, 2.45) is 5.73 Å². The van der Waals surface area contributed by atoms with Crippen molar-refractivity contribution in [2.75, 3.05) is 23.8 Å². The summed E-state index contributed by atoms with van der Waals surface area (Å²) in [7, 11) is 0. The van der Waals surface area contributed by atoms with Crippen LogP contribution in [0.15, 0.2) is 6.20 Å². The summed E-state index contributed by atoms with van der Waals surface area (Å²) in [4.78, 5) is 20.2. The van der Waals surface area contributed by atoms with Crippen molar-refractivity contribution in [3.8, 4) is 0 Å². The van der Waals surface area contributed by atoms with Gasteiger partial charge in [-0.2, -0.15) is 4.98 Å². The van der Waals surface area contributed by atoms with Gasteiger partial charge >= 0.3 is 0 Å². The van der Waals surface area contributed by atoms with Crippen LogP contribution < -0.4 is 16.4 Å². The predicted molar refractivity (Wildman–Crippen MR) is 96.6 cm³/mol. The van der Waals surface area contributed by atoms with Crippen LogP contribution in [0.25, 0.3) is 0 Å². The van der Waals surface area contributed by atoms with E-state index >= 15 is 0 Å². The maximum absolute atomic E-state index is 11.7. The molecule has 8 heteroatoms. The monoisotopic (exact) mass is 351 g/mol. The van der Waals surface area contributed by atoms with Crippen molar-refractivity contribution in [2.45, 2.75) is 64.1 Å². The second kappa shape index (κ2) is 8.44. The fourth-order valence-corrected chi connectivity index (χ4v) is 2.88. The van der Waals surface area contributed by atoms with Crippen molar-refractivity contribution in [1.82, 2.24) is 9.97 Å². The van der Waals surface area contributed by atoms with Crippen LogP contribution in [-0.4, -0.2) is 51.9 Å². The van der Waals surface area contributed by atoms with E-state index in [-0.39, 0.29) is 18.2 Å². The summed E-state index contributed by atoms with van der Waals surface area (Å²) in [5.74, 6) is 0.201. The largest absolute Gasteiger partial charge is 0.394 e. The third-order valence-corrected chi connectivity index (χ3v) is 4.32. The smallest absolute Gasteiger partial charge is 0.254 e. The van der Waals surface area contributed by atoms with E-state index in [2.05, 4.69) is 20.6 Å². The second-order valence-electron chi connectivity index (χ2n) is 7.06. The van der Waals surface area contributed by atoms with Crippen LogP contribution in [0.2, 0.25) is 0 Å². The molecule has 5 N–H and O–H groups in total. The van der Waals surface area contributed by atoms with E-state index in [9.17, 15) is 9.90 Å². The second-order valence-corrected chi connectivity index (χ2v) is 7.06. The Morgan fingerprint density at radius 1 is 1.40 bits per heavy atom. The first-order valence-electron chi connectivity index (χ1n) is 8.78. The number of aliphatic hydroxyl groups is 1. The number of nitrogens with zero attached hydrogens (tertiary/aromatic N) is 2. The molecule has 0 atom stereocenters. The van der Waals surface area contributed by atoms with Crippen LogP contribution in [0.5, 0.6) is 0 Å². The molecule has 2 rings (SSSR count). The van der Waals surface area contributed by atoms with E-state index in [1.165, 1.54) is 6.20 Å². The Balaban J connectivity index is 2.10. The van der Waals surface area contributed by atoms with Crippen molar-refractivity contribution in [3.63, 3.8) is 0 Å². The molecule has 0 aliphatic heterocycles. The van der Waals surface area contributed by atoms with E-state index in [0.717, 1.165) is 32.3 Å². The van der Waals surface area contributed by atoms with Gasteiger partial charge in [0.25, 0.3) is 5.91 Å². The van der Waals surface area contributed by atoms with Gasteiger partial charge in [0.1, 0.15) is 5.82 Å². The molecule has 1 saturated carbocycles. The Bertz CT molecular complexity index is 586. The van der Waals surface area contributed by atoms with Crippen LogP contribution >= 0.6 is 0 Å². The zero-order valence-corrected chi connectivity index (χ0v) is 15.2. The highest BCUT2D eigenvalue weighted by Gasteiger charge is 2.24. The number of nitrogens with two attached hydrogens (primary N) is 1. The van der Waals surface area contributed by atoms with Gasteiger partial charge < -0.3 is 26.2 Å². The molecule has 1 amide bonds. The third-order valence-electron chi connectivity index (χ3n) is 4.32. The van der Waals surface area contributed by atoms with E-state index in [1.54, 1.807) is 0 Å². The van der Waals surface area contributed by atoms with E-state index in [0.29, 0.717) is 17.9 Å². The lowest BCUT2D eigenvalue weighted by Crippen LogP contribution is -2.36. The van der Waals surface area contributed by atoms with Crippen LogP contribution in [0.1, 0.15) is 56.8 Å². The molecule has 0 spiro atoms. The van der Waals surface area contributed by atoms with Gasteiger partial charge in [0.2, 0.25) is 5.95 Å². The SMILES string of the molecule is CCO[C@H]1CC[C@@H](Nc2nc(NC(C)(C)CO)ncc2C(N)=O)CC1. The Hall–Kier alpha value is -1.93. The number of nitrogens with one attached hydrogen (secondary N) is 2. The summed E-state index contributed by atoms with van der Waals surface area (Å²) in [5.41, 5.74) is 5.14. The number of carbonyl (C=O) groups excluding carboxylic acids is 1. The molecule has 1 aliphatic carbocycles. The van der Waals surface area contributed by atoms with Gasteiger partial charge in [0.05, 0.1) is 23.8 Å². The molecule has 1 aromatic heterocycles. The molecule has 0 aromatic carbocycles. The van der Waals surface area contributed by atoms with Crippen LogP contribution in [-0.2, 0) is 4.74 Å². The predicted octanol–water partition coefficient (Wildman–Crippen LogP) is 1.52. The maximum Gasteiger partial charge on any atom is 0.254 e. The van der Waals surface area contributed by atoms with Gasteiger partial charge in [-0.05, 0) is 46.5 Å². The summed E-state index contributed by atoms with van der Waals surface area (Å²) < 4.78 is 5.67. The Morgan fingerprint density at radius 3 is 2.64 bits per heavy atom. The third kappa shape index (κ3) is 5.54. The van der Waals surface area contributed by atoms with Gasteiger partial charge in [-0.3, -0.25) is 4.79 Å². The molecule has 25 heavy (non-hydrogen) atoms. The van der Waals surface area contributed by atoms with Gasteiger partial charge in [0, 0.05) is 18.8 Å². The molecular formula is C17H29N5O3. The summed E-state index contributed by atoms with van der Waals surface area (Å²) >= 11 is 0. The molecule has 1 fully saturated rings. The number of ether oxygens (including phenoxy) is 1. The average molecular weight is 351 g/mol. The van der Waals surface area contributed by atoms with Gasteiger partial charge in [-0.1, -0.05) is 0 Å². The minimum atomic E-state index is -0.571. The fraction of sp³-hybridized carbons (Fsp3) is 0.706. The molecule has 0 bridgehead atoms. The highest BCUT2D eigenvalue weighted by Crippen LogP contribution is 2.25. The molecule has 1 aliphatic rings. The number of primary amides is 1. The van der Waals surface area contributed by atoms with Crippen LogP contribution in [0, 0.1) is 0 Å². The minimum absolute atomic E-state index is 0.0713. The lowest BCUT2D eigenvalue weighted by Gasteiger charge is -2.30. The number of anilines is 2. The number of rotatable bonds is 8. The Kier molecular flexibility index (Phi) is 6.55. The highest BCUT2D eigenvalue weighted by atomic mass is 16.5. The van der Waals surface area contributed by atoms with Crippen molar-refractivity contribution in [3.05, 3.63) is 11.8 Å². The molecular weight excluding hydrogens is 322 g/mol. The van der Waals surface area contributed by atoms with E-state index in [1.807, 2.05) is 20.8 Å². The highest BCUT2D eigenvalue weighted by molar-refractivity contribution is 5.97. The molecule has 1 aromatic rings. The van der Waals surface area contributed by atoms with Crippen LogP contribution in [0.3, 0.4) is 0 Å². The zero-order valence-electron chi connectivity index (χ0n) is 15.2. The summed E-state index contributed by atoms with van der Waals surface area (Å²) in [6.45, 7) is 6.34. The van der Waals surface area contributed by atoms with Gasteiger partial charge in [-0.25, -0.2) is 4.98 Å².